The molecule has 2 rings (SSSR count). The molecule has 0 fully saturated rings. The van der Waals surface area contributed by atoms with E-state index in [4.69, 9.17) is 4.74 Å². The summed E-state index contributed by atoms with van der Waals surface area (Å²) in [5.41, 5.74) is 3.57. The second-order valence-corrected chi connectivity index (χ2v) is 3.47. The van der Waals surface area contributed by atoms with Crippen LogP contribution in [0.25, 0.3) is 6.08 Å². The fourth-order valence-electron chi connectivity index (χ4n) is 1.74. The van der Waals surface area contributed by atoms with Crippen LogP contribution in [0.3, 0.4) is 0 Å². The topological polar surface area (TPSA) is 26.3 Å². The molecule has 1 aromatic carbocycles. The summed E-state index contributed by atoms with van der Waals surface area (Å²) in [6, 6.07) is 3.84. The number of carbonyl (C=O) groups excluding carboxylic acids is 1. The van der Waals surface area contributed by atoms with Crippen LogP contribution in [0.5, 0.6) is 5.75 Å². The Morgan fingerprint density at radius 2 is 2.21 bits per heavy atom. The van der Waals surface area contributed by atoms with Crippen molar-refractivity contribution in [3.05, 3.63) is 34.9 Å². The van der Waals surface area contributed by atoms with Crippen molar-refractivity contribution in [3.8, 4) is 5.75 Å². The summed E-state index contributed by atoms with van der Waals surface area (Å²) < 4.78 is 5.12. The first-order valence-electron chi connectivity index (χ1n) is 4.66. The van der Waals surface area contributed by atoms with Gasteiger partial charge < -0.3 is 4.74 Å². The molecule has 2 nitrogen and oxygen atoms in total. The van der Waals surface area contributed by atoms with Gasteiger partial charge in [-0.25, -0.2) is 0 Å². The number of aryl methyl sites for hydroxylation is 1. The molecule has 0 spiro atoms. The molecule has 1 aromatic rings. The highest BCUT2D eigenvalue weighted by molar-refractivity contribution is 5.74. The van der Waals surface area contributed by atoms with Crippen molar-refractivity contribution in [2.24, 2.45) is 0 Å². The highest BCUT2D eigenvalue weighted by Crippen LogP contribution is 2.31. The molecule has 0 aliphatic heterocycles. The van der Waals surface area contributed by atoms with E-state index in [9.17, 15) is 4.79 Å². The Kier molecular flexibility index (Phi) is 2.12. The molecule has 0 saturated heterocycles. The van der Waals surface area contributed by atoms with Gasteiger partial charge in [-0.15, -0.1) is 0 Å². The van der Waals surface area contributed by atoms with Crippen LogP contribution in [0.4, 0.5) is 0 Å². The van der Waals surface area contributed by atoms with Crippen LogP contribution in [0.15, 0.2) is 18.2 Å². The van der Waals surface area contributed by atoms with E-state index in [0.29, 0.717) is 5.75 Å². The molecule has 14 heavy (non-hydrogen) atoms. The van der Waals surface area contributed by atoms with Crippen molar-refractivity contribution in [1.82, 2.24) is 0 Å². The van der Waals surface area contributed by atoms with Crippen LogP contribution < -0.4 is 4.74 Å². The van der Waals surface area contributed by atoms with Crippen LogP contribution in [0, 0.1) is 6.92 Å². The summed E-state index contributed by atoms with van der Waals surface area (Å²) in [7, 11) is 0. The number of hydrogen-bond acceptors (Lipinski definition) is 2. The van der Waals surface area contributed by atoms with Gasteiger partial charge in [0.1, 0.15) is 5.75 Å². The second kappa shape index (κ2) is 3.29. The van der Waals surface area contributed by atoms with E-state index < -0.39 is 0 Å². The van der Waals surface area contributed by atoms with E-state index in [1.807, 2.05) is 18.2 Å². The Balaban J connectivity index is 2.47. The maximum atomic E-state index is 10.9. The van der Waals surface area contributed by atoms with Gasteiger partial charge in [-0.2, -0.15) is 0 Å². The Hall–Kier alpha value is -1.57. The molecule has 0 saturated carbocycles. The lowest BCUT2D eigenvalue weighted by molar-refractivity contribution is -0.131. The number of esters is 1. The van der Waals surface area contributed by atoms with Gasteiger partial charge in [-0.05, 0) is 30.5 Å². The molecule has 1 aliphatic rings. The van der Waals surface area contributed by atoms with Crippen LogP contribution in [0.2, 0.25) is 0 Å². The lowest BCUT2D eigenvalue weighted by atomic mass is 10.0. The zero-order valence-electron chi connectivity index (χ0n) is 8.33. The standard InChI is InChI=1S/C12H12O2/c1-8-6-7-12(14-9(2)13)11-5-3-4-10(8)11/h3,5-7H,4H2,1-2H3. The van der Waals surface area contributed by atoms with Gasteiger partial charge in [-0.1, -0.05) is 18.2 Å². The van der Waals surface area contributed by atoms with Crippen molar-refractivity contribution in [3.63, 3.8) is 0 Å². The van der Waals surface area contributed by atoms with Crippen LogP contribution in [0.1, 0.15) is 23.6 Å². The number of allylic oxidation sites excluding steroid dienone is 1. The lowest BCUT2D eigenvalue weighted by Crippen LogP contribution is -2.03. The molecule has 0 unspecified atom stereocenters. The predicted octanol–water partition coefficient (Wildman–Crippen LogP) is 2.49. The summed E-state index contributed by atoms with van der Waals surface area (Å²) in [4.78, 5) is 10.9. The van der Waals surface area contributed by atoms with Crippen molar-refractivity contribution < 1.29 is 9.53 Å². The SMILES string of the molecule is CC(=O)Oc1ccc(C)c2c1C=CC2. The zero-order chi connectivity index (χ0) is 10.1. The van der Waals surface area contributed by atoms with E-state index in [0.717, 1.165) is 12.0 Å². The van der Waals surface area contributed by atoms with Gasteiger partial charge in [-0.3, -0.25) is 4.79 Å². The van der Waals surface area contributed by atoms with Gasteiger partial charge >= 0.3 is 5.97 Å². The van der Waals surface area contributed by atoms with Crippen molar-refractivity contribution in [1.29, 1.82) is 0 Å². The van der Waals surface area contributed by atoms with E-state index in [1.165, 1.54) is 18.1 Å². The number of carbonyl (C=O) groups is 1. The molecule has 2 heteroatoms. The van der Waals surface area contributed by atoms with Gasteiger partial charge in [0, 0.05) is 12.5 Å². The normalized spacial score (nSPS) is 12.7. The summed E-state index contributed by atoms with van der Waals surface area (Å²) in [5.74, 6) is 0.406. The zero-order valence-corrected chi connectivity index (χ0v) is 8.33. The molecule has 0 bridgehead atoms. The second-order valence-electron chi connectivity index (χ2n) is 3.47. The molecule has 0 aromatic heterocycles. The summed E-state index contributed by atoms with van der Waals surface area (Å²) in [6.45, 7) is 3.49. The fraction of sp³-hybridized carbons (Fsp3) is 0.250. The maximum Gasteiger partial charge on any atom is 0.308 e. The third kappa shape index (κ3) is 1.43. The third-order valence-electron chi connectivity index (χ3n) is 2.41. The van der Waals surface area contributed by atoms with Crippen molar-refractivity contribution in [2.45, 2.75) is 20.3 Å². The quantitative estimate of drug-likeness (QED) is 0.500. The largest absolute Gasteiger partial charge is 0.426 e. The van der Waals surface area contributed by atoms with Gasteiger partial charge in [0.15, 0.2) is 0 Å². The first-order chi connectivity index (χ1) is 6.68. The average Bonchev–Trinajstić information content (AvgIpc) is 2.58. The van der Waals surface area contributed by atoms with Crippen molar-refractivity contribution in [2.75, 3.05) is 0 Å². The average molecular weight is 188 g/mol. The molecular formula is C12H12O2. The molecule has 0 amide bonds. The highest BCUT2D eigenvalue weighted by atomic mass is 16.5. The first kappa shape index (κ1) is 9.00. The van der Waals surface area contributed by atoms with Crippen molar-refractivity contribution >= 4 is 12.0 Å². The number of hydrogen-bond donors (Lipinski definition) is 0. The minimum atomic E-state index is -0.267. The molecule has 0 radical (unpaired) electrons. The van der Waals surface area contributed by atoms with Crippen LogP contribution in [-0.4, -0.2) is 5.97 Å². The maximum absolute atomic E-state index is 10.9. The van der Waals surface area contributed by atoms with E-state index in [2.05, 4.69) is 13.0 Å². The molecular weight excluding hydrogens is 176 g/mol. The Labute approximate surface area is 83.2 Å². The van der Waals surface area contributed by atoms with E-state index in [1.54, 1.807) is 0 Å². The molecule has 1 aliphatic carbocycles. The van der Waals surface area contributed by atoms with Gasteiger partial charge in [0.25, 0.3) is 0 Å². The van der Waals surface area contributed by atoms with Crippen LogP contribution in [-0.2, 0) is 11.2 Å². The molecule has 0 heterocycles. The first-order valence-corrected chi connectivity index (χ1v) is 4.66. The Morgan fingerprint density at radius 3 is 2.93 bits per heavy atom. The molecule has 0 N–H and O–H groups in total. The summed E-state index contributed by atoms with van der Waals surface area (Å²) in [5, 5.41) is 0. The molecule has 0 atom stereocenters. The van der Waals surface area contributed by atoms with E-state index in [-0.39, 0.29) is 5.97 Å². The number of ether oxygens (including phenoxy) is 1. The van der Waals surface area contributed by atoms with E-state index >= 15 is 0 Å². The number of fused-ring (bicyclic) bond motifs is 1. The van der Waals surface area contributed by atoms with Gasteiger partial charge in [0.05, 0.1) is 0 Å². The third-order valence-corrected chi connectivity index (χ3v) is 2.41. The fourth-order valence-corrected chi connectivity index (χ4v) is 1.74. The summed E-state index contributed by atoms with van der Waals surface area (Å²) >= 11 is 0. The minimum absolute atomic E-state index is 0.267. The molecule has 72 valence electrons. The minimum Gasteiger partial charge on any atom is -0.426 e. The predicted molar refractivity (Wildman–Crippen MR) is 55.2 cm³/mol. The van der Waals surface area contributed by atoms with Crippen LogP contribution >= 0.6 is 0 Å². The Morgan fingerprint density at radius 1 is 1.43 bits per heavy atom. The lowest BCUT2D eigenvalue weighted by Gasteiger charge is -2.09. The Bertz CT molecular complexity index is 417. The summed E-state index contributed by atoms with van der Waals surface area (Å²) in [6.07, 6.45) is 5.04. The highest BCUT2D eigenvalue weighted by Gasteiger charge is 2.14. The smallest absolute Gasteiger partial charge is 0.308 e. The number of rotatable bonds is 1. The number of benzene rings is 1. The monoisotopic (exact) mass is 188 g/mol. The van der Waals surface area contributed by atoms with Gasteiger partial charge in [0.2, 0.25) is 0 Å².